The number of anilines is 1. The molecule has 0 bridgehead atoms. The maximum Gasteiger partial charge on any atom is 0.225 e. The average molecular weight is 246 g/mol. The molecule has 96 valence electrons. The Balaban J connectivity index is 1.49. The average Bonchev–Trinajstić information content (AvgIpc) is 2.20. The lowest BCUT2D eigenvalue weighted by molar-refractivity contribution is -0.142. The highest BCUT2D eigenvalue weighted by Crippen LogP contribution is 2.30. The second-order valence-corrected chi connectivity index (χ2v) is 5.26. The molecule has 2 aliphatic rings. The van der Waals surface area contributed by atoms with Crippen LogP contribution in [-0.4, -0.2) is 39.9 Å². The molecular weight excluding hydrogens is 228 g/mol. The van der Waals surface area contributed by atoms with Crippen LogP contribution in [0.4, 0.5) is 5.82 Å². The van der Waals surface area contributed by atoms with Crippen LogP contribution in [0.1, 0.15) is 25.0 Å². The standard InChI is InChI=1S/C13H18N4O/c1-9-5-12(15-8-14-9)16-11-6-17(7-11)13(18)10-3-2-4-10/h5,8,10-11H,2-4,6-7H2,1H3,(H,14,15,16). The van der Waals surface area contributed by atoms with Crippen molar-refractivity contribution in [1.29, 1.82) is 0 Å². The van der Waals surface area contributed by atoms with E-state index < -0.39 is 0 Å². The van der Waals surface area contributed by atoms with Crippen molar-refractivity contribution in [3.05, 3.63) is 18.1 Å². The zero-order chi connectivity index (χ0) is 12.5. The zero-order valence-corrected chi connectivity index (χ0v) is 10.6. The summed E-state index contributed by atoms with van der Waals surface area (Å²) >= 11 is 0. The molecule has 5 heteroatoms. The van der Waals surface area contributed by atoms with Gasteiger partial charge in [0.25, 0.3) is 0 Å². The number of amides is 1. The van der Waals surface area contributed by atoms with Gasteiger partial charge in [0.15, 0.2) is 0 Å². The molecule has 1 aliphatic heterocycles. The Kier molecular flexibility index (Phi) is 2.89. The molecule has 1 amide bonds. The third-order valence-corrected chi connectivity index (χ3v) is 3.80. The van der Waals surface area contributed by atoms with E-state index in [2.05, 4.69) is 15.3 Å². The lowest BCUT2D eigenvalue weighted by Crippen LogP contribution is -2.59. The van der Waals surface area contributed by atoms with Crippen LogP contribution in [0.25, 0.3) is 0 Å². The van der Waals surface area contributed by atoms with Crippen molar-refractivity contribution >= 4 is 11.7 Å². The van der Waals surface area contributed by atoms with Gasteiger partial charge in [0, 0.05) is 30.8 Å². The molecule has 18 heavy (non-hydrogen) atoms. The summed E-state index contributed by atoms with van der Waals surface area (Å²) in [5.74, 6) is 1.51. The van der Waals surface area contributed by atoms with E-state index >= 15 is 0 Å². The minimum absolute atomic E-state index is 0.312. The minimum atomic E-state index is 0.312. The van der Waals surface area contributed by atoms with Crippen molar-refractivity contribution in [2.75, 3.05) is 18.4 Å². The van der Waals surface area contributed by atoms with Gasteiger partial charge >= 0.3 is 0 Å². The predicted molar refractivity (Wildman–Crippen MR) is 68.1 cm³/mol. The first-order chi connectivity index (χ1) is 8.72. The van der Waals surface area contributed by atoms with Gasteiger partial charge in [-0.3, -0.25) is 4.79 Å². The van der Waals surface area contributed by atoms with Crippen LogP contribution >= 0.6 is 0 Å². The van der Waals surface area contributed by atoms with E-state index in [1.54, 1.807) is 6.33 Å². The molecule has 0 spiro atoms. The Bertz CT molecular complexity index is 452. The van der Waals surface area contributed by atoms with Crippen LogP contribution in [0, 0.1) is 12.8 Å². The highest BCUT2D eigenvalue weighted by Gasteiger charge is 2.36. The number of hydrogen-bond acceptors (Lipinski definition) is 4. The van der Waals surface area contributed by atoms with E-state index in [1.165, 1.54) is 6.42 Å². The van der Waals surface area contributed by atoms with Gasteiger partial charge in [0.05, 0.1) is 6.04 Å². The quantitative estimate of drug-likeness (QED) is 0.871. The molecule has 1 saturated carbocycles. The maximum absolute atomic E-state index is 11.9. The van der Waals surface area contributed by atoms with Crippen LogP contribution in [-0.2, 0) is 4.79 Å². The van der Waals surface area contributed by atoms with Crippen LogP contribution in [0.2, 0.25) is 0 Å². The number of aromatic nitrogens is 2. The van der Waals surface area contributed by atoms with Gasteiger partial charge in [-0.15, -0.1) is 0 Å². The summed E-state index contributed by atoms with van der Waals surface area (Å²) < 4.78 is 0. The Hall–Kier alpha value is -1.65. The van der Waals surface area contributed by atoms with Gasteiger partial charge in [-0.05, 0) is 19.8 Å². The lowest BCUT2D eigenvalue weighted by atomic mass is 9.83. The first-order valence-corrected chi connectivity index (χ1v) is 6.56. The minimum Gasteiger partial charge on any atom is -0.364 e. The zero-order valence-electron chi connectivity index (χ0n) is 10.6. The van der Waals surface area contributed by atoms with Crippen LogP contribution in [0.3, 0.4) is 0 Å². The van der Waals surface area contributed by atoms with E-state index in [-0.39, 0.29) is 0 Å². The molecule has 1 aromatic heterocycles. The molecule has 1 aliphatic carbocycles. The molecule has 1 aromatic rings. The monoisotopic (exact) mass is 246 g/mol. The second-order valence-electron chi connectivity index (χ2n) is 5.26. The van der Waals surface area contributed by atoms with Gasteiger partial charge in [-0.25, -0.2) is 9.97 Å². The Morgan fingerprint density at radius 1 is 1.39 bits per heavy atom. The van der Waals surface area contributed by atoms with Crippen molar-refractivity contribution < 1.29 is 4.79 Å². The van der Waals surface area contributed by atoms with E-state index in [0.717, 1.165) is 37.4 Å². The summed E-state index contributed by atoms with van der Waals surface area (Å²) in [7, 11) is 0. The number of carbonyl (C=O) groups is 1. The van der Waals surface area contributed by atoms with E-state index in [4.69, 9.17) is 0 Å². The van der Waals surface area contributed by atoms with Gasteiger partial charge in [-0.1, -0.05) is 6.42 Å². The summed E-state index contributed by atoms with van der Waals surface area (Å²) in [6.07, 6.45) is 4.94. The molecule has 0 aromatic carbocycles. The summed E-state index contributed by atoms with van der Waals surface area (Å²) in [5.41, 5.74) is 0.953. The van der Waals surface area contributed by atoms with Crippen molar-refractivity contribution in [2.24, 2.45) is 5.92 Å². The number of likely N-dealkylation sites (tertiary alicyclic amines) is 1. The second kappa shape index (κ2) is 4.55. The smallest absolute Gasteiger partial charge is 0.225 e. The number of hydrogen-bond donors (Lipinski definition) is 1. The van der Waals surface area contributed by atoms with E-state index in [9.17, 15) is 4.79 Å². The van der Waals surface area contributed by atoms with E-state index in [1.807, 2.05) is 17.9 Å². The van der Waals surface area contributed by atoms with Crippen LogP contribution < -0.4 is 5.32 Å². The molecule has 2 fully saturated rings. The van der Waals surface area contributed by atoms with Crippen molar-refractivity contribution in [2.45, 2.75) is 32.2 Å². The molecule has 3 rings (SSSR count). The van der Waals surface area contributed by atoms with Gasteiger partial charge in [0.2, 0.25) is 5.91 Å². The first kappa shape index (κ1) is 11.4. The number of carbonyl (C=O) groups excluding carboxylic acids is 1. The summed E-state index contributed by atoms with van der Waals surface area (Å²) in [6, 6.07) is 2.26. The fraction of sp³-hybridized carbons (Fsp3) is 0.615. The van der Waals surface area contributed by atoms with Crippen molar-refractivity contribution in [3.8, 4) is 0 Å². The fourth-order valence-electron chi connectivity index (χ4n) is 2.41. The third-order valence-electron chi connectivity index (χ3n) is 3.80. The van der Waals surface area contributed by atoms with Gasteiger partial charge in [-0.2, -0.15) is 0 Å². The predicted octanol–water partition coefficient (Wildman–Crippen LogP) is 1.21. The number of rotatable bonds is 3. The highest BCUT2D eigenvalue weighted by molar-refractivity contribution is 5.80. The number of nitrogens with zero attached hydrogens (tertiary/aromatic N) is 3. The number of nitrogens with one attached hydrogen (secondary N) is 1. The Morgan fingerprint density at radius 2 is 2.17 bits per heavy atom. The SMILES string of the molecule is Cc1cc(NC2CN(C(=O)C3CCC3)C2)ncn1. The fourth-order valence-corrected chi connectivity index (χ4v) is 2.41. The summed E-state index contributed by atoms with van der Waals surface area (Å²) in [5, 5.41) is 3.33. The van der Waals surface area contributed by atoms with Gasteiger partial charge in [0.1, 0.15) is 12.1 Å². The van der Waals surface area contributed by atoms with Gasteiger partial charge < -0.3 is 10.2 Å². The molecule has 0 atom stereocenters. The normalized spacial score (nSPS) is 20.2. The summed E-state index contributed by atoms with van der Waals surface area (Å²) in [6.45, 7) is 3.55. The lowest BCUT2D eigenvalue weighted by Gasteiger charge is -2.43. The molecule has 0 unspecified atom stereocenters. The maximum atomic E-state index is 11.9. The summed E-state index contributed by atoms with van der Waals surface area (Å²) in [4.78, 5) is 22.1. The molecule has 0 radical (unpaired) electrons. The highest BCUT2D eigenvalue weighted by atomic mass is 16.2. The molecule has 5 nitrogen and oxygen atoms in total. The largest absolute Gasteiger partial charge is 0.364 e. The Morgan fingerprint density at radius 3 is 2.78 bits per heavy atom. The third kappa shape index (κ3) is 2.17. The Labute approximate surface area is 107 Å². The van der Waals surface area contributed by atoms with Crippen molar-refractivity contribution in [3.63, 3.8) is 0 Å². The number of aryl methyl sites for hydroxylation is 1. The van der Waals surface area contributed by atoms with Crippen LogP contribution in [0.15, 0.2) is 12.4 Å². The van der Waals surface area contributed by atoms with Crippen molar-refractivity contribution in [1.82, 2.24) is 14.9 Å². The topological polar surface area (TPSA) is 58.1 Å². The van der Waals surface area contributed by atoms with Crippen LogP contribution in [0.5, 0.6) is 0 Å². The molecule has 2 heterocycles. The molecule has 1 N–H and O–H groups in total. The van der Waals surface area contributed by atoms with E-state index in [0.29, 0.717) is 17.9 Å². The molecular formula is C13H18N4O. The molecule has 1 saturated heterocycles. The first-order valence-electron chi connectivity index (χ1n) is 6.56.